The second kappa shape index (κ2) is 7.79. The Morgan fingerprint density at radius 1 is 1.24 bits per heavy atom. The van der Waals surface area contributed by atoms with E-state index in [2.05, 4.69) is 12.2 Å². The van der Waals surface area contributed by atoms with E-state index < -0.39 is 0 Å². The molecule has 0 aliphatic heterocycles. The van der Waals surface area contributed by atoms with Crippen LogP contribution < -0.4 is 5.32 Å². The van der Waals surface area contributed by atoms with E-state index in [9.17, 15) is 10.1 Å². The Labute approximate surface area is 102 Å². The zero-order valence-corrected chi connectivity index (χ0v) is 10.3. The summed E-state index contributed by atoms with van der Waals surface area (Å²) >= 11 is 0. The first-order valence-corrected chi connectivity index (χ1v) is 6.18. The van der Waals surface area contributed by atoms with Crippen molar-refractivity contribution >= 4 is 5.69 Å². The van der Waals surface area contributed by atoms with Crippen LogP contribution in [0.2, 0.25) is 0 Å². The van der Waals surface area contributed by atoms with E-state index in [1.165, 1.54) is 19.3 Å². The van der Waals surface area contributed by atoms with Crippen molar-refractivity contribution in [2.24, 2.45) is 0 Å². The Hall–Kier alpha value is -1.42. The van der Waals surface area contributed by atoms with Gasteiger partial charge < -0.3 is 5.32 Å². The quantitative estimate of drug-likeness (QED) is 0.428. The van der Waals surface area contributed by atoms with Crippen LogP contribution in [0.5, 0.6) is 0 Å². The van der Waals surface area contributed by atoms with Crippen LogP contribution in [-0.2, 0) is 6.54 Å². The van der Waals surface area contributed by atoms with Crippen molar-refractivity contribution in [3.63, 3.8) is 0 Å². The molecule has 0 saturated heterocycles. The van der Waals surface area contributed by atoms with Crippen molar-refractivity contribution in [1.29, 1.82) is 0 Å². The molecule has 1 N–H and O–H groups in total. The minimum absolute atomic E-state index is 0.202. The average molecular weight is 236 g/mol. The lowest BCUT2D eigenvalue weighted by Crippen LogP contribution is -2.15. The molecule has 0 saturated carbocycles. The number of hydrogen-bond acceptors (Lipinski definition) is 3. The molecule has 0 fully saturated rings. The lowest BCUT2D eigenvalue weighted by molar-refractivity contribution is -0.385. The van der Waals surface area contributed by atoms with Gasteiger partial charge in [0.15, 0.2) is 0 Å². The number of benzene rings is 1. The molecule has 0 spiro atoms. The Balaban J connectivity index is 2.34. The van der Waals surface area contributed by atoms with Gasteiger partial charge in [-0.25, -0.2) is 0 Å². The summed E-state index contributed by atoms with van der Waals surface area (Å²) < 4.78 is 0. The first kappa shape index (κ1) is 13.6. The van der Waals surface area contributed by atoms with Crippen LogP contribution in [0.3, 0.4) is 0 Å². The Morgan fingerprint density at radius 2 is 2.00 bits per heavy atom. The molecule has 4 nitrogen and oxygen atoms in total. The second-order valence-corrected chi connectivity index (χ2v) is 4.12. The molecule has 1 rings (SSSR count). The van der Waals surface area contributed by atoms with Gasteiger partial charge >= 0.3 is 0 Å². The van der Waals surface area contributed by atoms with Crippen LogP contribution >= 0.6 is 0 Å². The number of rotatable bonds is 8. The average Bonchev–Trinajstić information content (AvgIpc) is 2.34. The third-order valence-electron chi connectivity index (χ3n) is 2.71. The largest absolute Gasteiger partial charge is 0.312 e. The van der Waals surface area contributed by atoms with E-state index in [0.717, 1.165) is 18.5 Å². The van der Waals surface area contributed by atoms with E-state index in [1.807, 2.05) is 6.07 Å². The number of nitrogens with zero attached hydrogens (tertiary/aromatic N) is 1. The number of unbranched alkanes of at least 4 members (excludes halogenated alkanes) is 3. The fraction of sp³-hybridized carbons (Fsp3) is 0.538. The van der Waals surface area contributed by atoms with Crippen molar-refractivity contribution in [2.75, 3.05) is 6.54 Å². The first-order valence-electron chi connectivity index (χ1n) is 6.18. The standard InChI is InChI=1S/C13H20N2O2/c1-2-3-4-7-10-14-11-12-8-5-6-9-13(12)15(16)17/h5-6,8-9,14H,2-4,7,10-11H2,1H3. The minimum atomic E-state index is -0.325. The monoisotopic (exact) mass is 236 g/mol. The molecule has 0 aliphatic carbocycles. The summed E-state index contributed by atoms with van der Waals surface area (Å²) in [5, 5.41) is 14.0. The van der Waals surface area contributed by atoms with Gasteiger partial charge in [0, 0.05) is 18.2 Å². The minimum Gasteiger partial charge on any atom is -0.312 e. The maximum Gasteiger partial charge on any atom is 0.273 e. The molecule has 1 aromatic carbocycles. The maximum atomic E-state index is 10.8. The van der Waals surface area contributed by atoms with Crippen LogP contribution in [0.1, 0.15) is 38.2 Å². The van der Waals surface area contributed by atoms with Crippen LogP contribution in [0.4, 0.5) is 5.69 Å². The number of para-hydroxylation sites is 1. The van der Waals surface area contributed by atoms with Gasteiger partial charge in [0.2, 0.25) is 0 Å². The third-order valence-corrected chi connectivity index (χ3v) is 2.71. The molecule has 1 aromatic rings. The molecular formula is C13H20N2O2. The van der Waals surface area contributed by atoms with Crippen LogP contribution in [0.15, 0.2) is 24.3 Å². The smallest absolute Gasteiger partial charge is 0.273 e. The molecule has 0 amide bonds. The molecule has 0 bridgehead atoms. The topological polar surface area (TPSA) is 55.2 Å². The van der Waals surface area contributed by atoms with Crippen LogP contribution in [-0.4, -0.2) is 11.5 Å². The van der Waals surface area contributed by atoms with Gasteiger partial charge in [-0.15, -0.1) is 0 Å². The highest BCUT2D eigenvalue weighted by molar-refractivity contribution is 5.39. The summed E-state index contributed by atoms with van der Waals surface area (Å²) in [6.45, 7) is 3.68. The SMILES string of the molecule is CCCCCCNCc1ccccc1[N+](=O)[O-]. The van der Waals surface area contributed by atoms with Crippen molar-refractivity contribution in [3.05, 3.63) is 39.9 Å². The van der Waals surface area contributed by atoms with E-state index in [4.69, 9.17) is 0 Å². The lowest BCUT2D eigenvalue weighted by atomic mass is 10.1. The summed E-state index contributed by atoms with van der Waals surface area (Å²) in [7, 11) is 0. The van der Waals surface area contributed by atoms with Crippen LogP contribution in [0, 0.1) is 10.1 Å². The summed E-state index contributed by atoms with van der Waals surface area (Å²) in [5.74, 6) is 0. The lowest BCUT2D eigenvalue weighted by Gasteiger charge is -2.05. The molecule has 0 unspecified atom stereocenters. The zero-order valence-electron chi connectivity index (χ0n) is 10.3. The van der Waals surface area contributed by atoms with Gasteiger partial charge in [-0.3, -0.25) is 10.1 Å². The molecule has 94 valence electrons. The van der Waals surface area contributed by atoms with Crippen molar-refractivity contribution in [3.8, 4) is 0 Å². The first-order chi connectivity index (χ1) is 8.25. The van der Waals surface area contributed by atoms with E-state index in [0.29, 0.717) is 6.54 Å². The number of nitro groups is 1. The molecule has 0 radical (unpaired) electrons. The van der Waals surface area contributed by atoms with Crippen LogP contribution in [0.25, 0.3) is 0 Å². The Kier molecular flexibility index (Phi) is 6.25. The fourth-order valence-corrected chi connectivity index (χ4v) is 1.74. The van der Waals surface area contributed by atoms with Crippen molar-refractivity contribution < 1.29 is 4.92 Å². The molecule has 4 heteroatoms. The highest BCUT2D eigenvalue weighted by Crippen LogP contribution is 2.16. The highest BCUT2D eigenvalue weighted by Gasteiger charge is 2.10. The normalized spacial score (nSPS) is 10.4. The van der Waals surface area contributed by atoms with Gasteiger partial charge in [0.05, 0.1) is 4.92 Å². The third kappa shape index (κ3) is 4.95. The van der Waals surface area contributed by atoms with Gasteiger partial charge in [-0.2, -0.15) is 0 Å². The predicted molar refractivity (Wildman–Crippen MR) is 68.9 cm³/mol. The second-order valence-electron chi connectivity index (χ2n) is 4.12. The van der Waals surface area contributed by atoms with Crippen molar-refractivity contribution in [1.82, 2.24) is 5.32 Å². The summed E-state index contributed by atoms with van der Waals surface area (Å²) in [5.41, 5.74) is 0.960. The predicted octanol–water partition coefficient (Wildman–Crippen LogP) is 3.26. The van der Waals surface area contributed by atoms with Gasteiger partial charge in [0.1, 0.15) is 0 Å². The van der Waals surface area contributed by atoms with Gasteiger partial charge in [0.25, 0.3) is 5.69 Å². The van der Waals surface area contributed by atoms with Gasteiger partial charge in [-0.1, -0.05) is 44.4 Å². The van der Waals surface area contributed by atoms with E-state index >= 15 is 0 Å². The van der Waals surface area contributed by atoms with Gasteiger partial charge in [-0.05, 0) is 13.0 Å². The summed E-state index contributed by atoms with van der Waals surface area (Å²) in [6, 6.07) is 6.88. The van der Waals surface area contributed by atoms with E-state index in [1.54, 1.807) is 18.2 Å². The molecule has 0 heterocycles. The van der Waals surface area contributed by atoms with E-state index in [-0.39, 0.29) is 10.6 Å². The number of nitrogens with one attached hydrogen (secondary N) is 1. The molecule has 0 atom stereocenters. The Morgan fingerprint density at radius 3 is 2.71 bits per heavy atom. The number of nitro benzene ring substituents is 1. The zero-order chi connectivity index (χ0) is 12.5. The molecule has 17 heavy (non-hydrogen) atoms. The molecule has 0 aliphatic rings. The Bertz CT molecular complexity index is 353. The fourth-order valence-electron chi connectivity index (χ4n) is 1.74. The molecule has 0 aromatic heterocycles. The summed E-state index contributed by atoms with van der Waals surface area (Å²) in [6.07, 6.45) is 4.84. The molecular weight excluding hydrogens is 216 g/mol. The maximum absolute atomic E-state index is 10.8. The summed E-state index contributed by atoms with van der Waals surface area (Å²) in [4.78, 5) is 10.4. The highest BCUT2D eigenvalue weighted by atomic mass is 16.6. The number of hydrogen-bond donors (Lipinski definition) is 1. The van der Waals surface area contributed by atoms with Crippen molar-refractivity contribution in [2.45, 2.75) is 39.2 Å².